The highest BCUT2D eigenvalue weighted by atomic mass is 16.7. The van der Waals surface area contributed by atoms with Crippen LogP contribution < -0.4 is 14.8 Å². The van der Waals surface area contributed by atoms with Gasteiger partial charge >= 0.3 is 0 Å². The number of carbonyl (C=O) groups excluding carboxylic acids is 2. The van der Waals surface area contributed by atoms with Gasteiger partial charge in [-0.2, -0.15) is 0 Å². The van der Waals surface area contributed by atoms with E-state index < -0.39 is 0 Å². The molecule has 7 nitrogen and oxygen atoms in total. The summed E-state index contributed by atoms with van der Waals surface area (Å²) in [5.74, 6) is 0.593. The fourth-order valence-electron chi connectivity index (χ4n) is 2.92. The van der Waals surface area contributed by atoms with Crippen molar-refractivity contribution in [3.63, 3.8) is 0 Å². The molecule has 0 aromatic heterocycles. The number of benzene rings is 2. The van der Waals surface area contributed by atoms with Gasteiger partial charge in [-0.25, -0.2) is 0 Å². The number of aryl methyl sites for hydroxylation is 1. The lowest BCUT2D eigenvalue weighted by atomic mass is 10.1. The molecule has 7 heteroatoms. The molecule has 0 atom stereocenters. The monoisotopic (exact) mass is 384 g/mol. The predicted octanol–water partition coefficient (Wildman–Crippen LogP) is 2.76. The molecule has 148 valence electrons. The van der Waals surface area contributed by atoms with Gasteiger partial charge in [-0.15, -0.1) is 0 Å². The van der Waals surface area contributed by atoms with Crippen molar-refractivity contribution in [3.8, 4) is 11.5 Å². The molecule has 0 fully saturated rings. The topological polar surface area (TPSA) is 77.1 Å². The Hall–Kier alpha value is -3.06. The summed E-state index contributed by atoms with van der Waals surface area (Å²) in [5.41, 5.74) is 3.26. The van der Waals surface area contributed by atoms with Gasteiger partial charge in [0.25, 0.3) is 5.91 Å². The van der Waals surface area contributed by atoms with Gasteiger partial charge in [0.2, 0.25) is 12.7 Å². The van der Waals surface area contributed by atoms with Crippen molar-refractivity contribution in [3.05, 3.63) is 53.1 Å². The second kappa shape index (κ2) is 8.75. The number of nitrogens with zero attached hydrogens (tertiary/aromatic N) is 1. The maximum absolute atomic E-state index is 13.0. The zero-order valence-electron chi connectivity index (χ0n) is 16.3. The van der Waals surface area contributed by atoms with Crippen molar-refractivity contribution >= 4 is 17.5 Å². The van der Waals surface area contributed by atoms with Crippen LogP contribution in [0.1, 0.15) is 21.5 Å². The molecule has 0 spiro atoms. The Labute approximate surface area is 164 Å². The van der Waals surface area contributed by atoms with Crippen LogP contribution in [0.25, 0.3) is 0 Å². The number of carbonyl (C=O) groups is 2. The number of nitrogens with one attached hydrogen (secondary N) is 1. The number of methoxy groups -OCH3 is 1. The minimum absolute atomic E-state index is 0.0793. The third-order valence-corrected chi connectivity index (χ3v) is 4.69. The maximum atomic E-state index is 13.0. The summed E-state index contributed by atoms with van der Waals surface area (Å²) in [4.78, 5) is 27.0. The standard InChI is InChI=1S/C21H24N2O5/c1-14-5-4-6-17(15(14)2)22-20(24)12-23(9-10-26-3)21(25)16-7-8-18-19(11-16)28-13-27-18/h4-8,11H,9-10,12-13H2,1-3H3,(H,22,24). The van der Waals surface area contributed by atoms with Crippen LogP contribution in [0.2, 0.25) is 0 Å². The van der Waals surface area contributed by atoms with Crippen molar-refractivity contribution in [2.45, 2.75) is 13.8 Å². The molecule has 1 aliphatic rings. The van der Waals surface area contributed by atoms with Gasteiger partial charge in [-0.05, 0) is 49.2 Å². The third kappa shape index (κ3) is 4.43. The minimum atomic E-state index is -0.272. The Balaban J connectivity index is 1.73. The number of amides is 2. The molecular formula is C21H24N2O5. The van der Waals surface area contributed by atoms with Crippen LogP contribution in [0.5, 0.6) is 11.5 Å². The molecule has 2 aromatic carbocycles. The lowest BCUT2D eigenvalue weighted by Crippen LogP contribution is -2.40. The van der Waals surface area contributed by atoms with E-state index >= 15 is 0 Å². The highest BCUT2D eigenvalue weighted by Crippen LogP contribution is 2.32. The summed E-state index contributed by atoms with van der Waals surface area (Å²) in [5, 5.41) is 2.89. The summed E-state index contributed by atoms with van der Waals surface area (Å²) >= 11 is 0. The molecule has 0 saturated heterocycles. The summed E-state index contributed by atoms with van der Waals surface area (Å²) in [6.07, 6.45) is 0. The zero-order chi connectivity index (χ0) is 20.1. The number of hydrogen-bond donors (Lipinski definition) is 1. The predicted molar refractivity (Wildman–Crippen MR) is 105 cm³/mol. The molecule has 3 rings (SSSR count). The highest BCUT2D eigenvalue weighted by Gasteiger charge is 2.22. The summed E-state index contributed by atoms with van der Waals surface area (Å²) in [7, 11) is 1.55. The van der Waals surface area contributed by atoms with Crippen molar-refractivity contribution in [1.29, 1.82) is 0 Å². The van der Waals surface area contributed by atoms with Crippen LogP contribution in [-0.2, 0) is 9.53 Å². The van der Waals surface area contributed by atoms with E-state index in [2.05, 4.69) is 5.32 Å². The van der Waals surface area contributed by atoms with E-state index in [4.69, 9.17) is 14.2 Å². The first kappa shape index (κ1) is 19.7. The van der Waals surface area contributed by atoms with Gasteiger partial charge in [-0.1, -0.05) is 12.1 Å². The van der Waals surface area contributed by atoms with Crippen LogP contribution in [0, 0.1) is 13.8 Å². The summed E-state index contributed by atoms with van der Waals surface area (Å²) in [6.45, 7) is 4.62. The van der Waals surface area contributed by atoms with Crippen LogP contribution in [-0.4, -0.2) is 50.3 Å². The fourth-order valence-corrected chi connectivity index (χ4v) is 2.92. The summed E-state index contributed by atoms with van der Waals surface area (Å²) < 4.78 is 15.7. The van der Waals surface area contributed by atoms with Crippen molar-refractivity contribution < 1.29 is 23.8 Å². The van der Waals surface area contributed by atoms with Crippen molar-refractivity contribution in [2.75, 3.05) is 38.9 Å². The van der Waals surface area contributed by atoms with E-state index in [0.717, 1.165) is 16.8 Å². The molecular weight excluding hydrogens is 360 g/mol. The van der Waals surface area contributed by atoms with E-state index in [9.17, 15) is 9.59 Å². The van der Waals surface area contributed by atoms with E-state index in [-0.39, 0.29) is 25.2 Å². The minimum Gasteiger partial charge on any atom is -0.454 e. The molecule has 0 radical (unpaired) electrons. The first-order valence-electron chi connectivity index (χ1n) is 9.03. The Morgan fingerprint density at radius 1 is 1.14 bits per heavy atom. The second-order valence-corrected chi connectivity index (χ2v) is 6.58. The van der Waals surface area contributed by atoms with E-state index in [1.807, 2.05) is 32.0 Å². The molecule has 28 heavy (non-hydrogen) atoms. The molecule has 0 saturated carbocycles. The Kier molecular flexibility index (Phi) is 6.16. The smallest absolute Gasteiger partial charge is 0.254 e. The average Bonchev–Trinajstić information content (AvgIpc) is 3.16. The van der Waals surface area contributed by atoms with Gasteiger partial charge in [0, 0.05) is 24.9 Å². The summed E-state index contributed by atoms with van der Waals surface area (Å²) in [6, 6.07) is 10.7. The number of anilines is 1. The van der Waals surface area contributed by atoms with E-state index in [0.29, 0.717) is 30.2 Å². The second-order valence-electron chi connectivity index (χ2n) is 6.58. The third-order valence-electron chi connectivity index (χ3n) is 4.69. The first-order valence-corrected chi connectivity index (χ1v) is 9.03. The normalized spacial score (nSPS) is 12.0. The van der Waals surface area contributed by atoms with Gasteiger partial charge in [-0.3, -0.25) is 9.59 Å². The molecule has 0 aliphatic carbocycles. The molecule has 1 N–H and O–H groups in total. The van der Waals surface area contributed by atoms with Crippen LogP contribution in [0.15, 0.2) is 36.4 Å². The van der Waals surface area contributed by atoms with Gasteiger partial charge < -0.3 is 24.4 Å². The Bertz CT molecular complexity index is 881. The molecule has 1 aliphatic heterocycles. The van der Waals surface area contributed by atoms with Crippen molar-refractivity contribution in [2.24, 2.45) is 0 Å². The van der Waals surface area contributed by atoms with Crippen LogP contribution >= 0.6 is 0 Å². The molecule has 1 heterocycles. The van der Waals surface area contributed by atoms with Gasteiger partial charge in [0.15, 0.2) is 11.5 Å². The molecule has 0 bridgehead atoms. The zero-order valence-corrected chi connectivity index (χ0v) is 16.3. The van der Waals surface area contributed by atoms with Crippen LogP contribution in [0.4, 0.5) is 5.69 Å². The Morgan fingerprint density at radius 2 is 1.93 bits per heavy atom. The quantitative estimate of drug-likeness (QED) is 0.794. The number of ether oxygens (including phenoxy) is 3. The largest absolute Gasteiger partial charge is 0.454 e. The molecule has 2 aromatic rings. The lowest BCUT2D eigenvalue weighted by Gasteiger charge is -2.22. The van der Waals surface area contributed by atoms with Crippen molar-refractivity contribution in [1.82, 2.24) is 4.90 Å². The SMILES string of the molecule is COCCN(CC(=O)Nc1cccc(C)c1C)C(=O)c1ccc2c(c1)OCO2. The number of fused-ring (bicyclic) bond motifs is 1. The van der Waals surface area contributed by atoms with Gasteiger partial charge in [0.05, 0.1) is 6.61 Å². The van der Waals surface area contributed by atoms with Crippen LogP contribution in [0.3, 0.4) is 0 Å². The average molecular weight is 384 g/mol. The van der Waals surface area contributed by atoms with E-state index in [1.165, 1.54) is 4.90 Å². The van der Waals surface area contributed by atoms with Gasteiger partial charge in [0.1, 0.15) is 6.54 Å². The molecule has 2 amide bonds. The number of hydrogen-bond acceptors (Lipinski definition) is 5. The number of rotatable bonds is 7. The molecule has 0 unspecified atom stereocenters. The first-order chi connectivity index (χ1) is 13.5. The fraction of sp³-hybridized carbons (Fsp3) is 0.333. The van der Waals surface area contributed by atoms with E-state index in [1.54, 1.807) is 25.3 Å². The highest BCUT2D eigenvalue weighted by molar-refractivity contribution is 6.00. The maximum Gasteiger partial charge on any atom is 0.254 e. The Morgan fingerprint density at radius 3 is 2.71 bits per heavy atom. The lowest BCUT2D eigenvalue weighted by molar-refractivity contribution is -0.117.